The molecule has 7 nitrogen and oxygen atoms in total. The van der Waals surface area contributed by atoms with Crippen LogP contribution in [0.5, 0.6) is 0 Å². The third-order valence-electron chi connectivity index (χ3n) is 1.83. The highest BCUT2D eigenvalue weighted by atomic mass is 32.2. The predicted octanol–water partition coefficient (Wildman–Crippen LogP) is 1.40. The lowest BCUT2D eigenvalue weighted by molar-refractivity contribution is -0.115. The van der Waals surface area contributed by atoms with Crippen LogP contribution in [0, 0.1) is 6.92 Å². The van der Waals surface area contributed by atoms with Crippen molar-refractivity contribution in [2.45, 2.75) is 23.4 Å². The number of hydrogen-bond donors (Lipinski definition) is 2. The Kier molecular flexibility index (Phi) is 4.09. The number of hydrogen-bond acceptors (Lipinski definition) is 9. The molecular formula is C8H10N6OS3. The van der Waals surface area contributed by atoms with Gasteiger partial charge in [-0.2, -0.15) is 0 Å². The summed E-state index contributed by atoms with van der Waals surface area (Å²) in [7, 11) is 0. The highest BCUT2D eigenvalue weighted by molar-refractivity contribution is 8.02. The van der Waals surface area contributed by atoms with Gasteiger partial charge in [0.15, 0.2) is 4.34 Å². The molecule has 0 aliphatic heterocycles. The summed E-state index contributed by atoms with van der Waals surface area (Å²) in [5.41, 5.74) is 5.47. The molecule has 1 unspecified atom stereocenters. The van der Waals surface area contributed by atoms with Gasteiger partial charge in [0.2, 0.25) is 16.2 Å². The minimum Gasteiger partial charge on any atom is -0.374 e. The number of nitrogens with one attached hydrogen (secondary N) is 1. The van der Waals surface area contributed by atoms with Crippen molar-refractivity contribution in [3.05, 3.63) is 5.01 Å². The van der Waals surface area contributed by atoms with Crippen molar-refractivity contribution < 1.29 is 4.79 Å². The summed E-state index contributed by atoms with van der Waals surface area (Å²) >= 11 is 3.90. The summed E-state index contributed by atoms with van der Waals surface area (Å²) in [5, 5.41) is 19.3. The van der Waals surface area contributed by atoms with Crippen LogP contribution < -0.4 is 11.1 Å². The van der Waals surface area contributed by atoms with Crippen molar-refractivity contribution in [3.63, 3.8) is 0 Å². The molecule has 0 fully saturated rings. The normalized spacial score (nSPS) is 12.3. The van der Waals surface area contributed by atoms with Crippen molar-refractivity contribution >= 4 is 50.6 Å². The molecule has 0 aromatic carbocycles. The lowest BCUT2D eigenvalue weighted by atomic mass is 10.4. The van der Waals surface area contributed by atoms with E-state index in [-0.39, 0.29) is 11.2 Å². The van der Waals surface area contributed by atoms with Crippen LogP contribution in [0.4, 0.5) is 10.3 Å². The Bertz CT molecular complexity index is 553. The highest BCUT2D eigenvalue weighted by Crippen LogP contribution is 2.28. The van der Waals surface area contributed by atoms with E-state index in [1.165, 1.54) is 34.4 Å². The van der Waals surface area contributed by atoms with E-state index in [0.29, 0.717) is 14.6 Å². The SMILES string of the molecule is Cc1nnc(NC(=O)C(C)Sc2nnc(N)s2)s1. The quantitative estimate of drug-likeness (QED) is 0.822. The molecule has 0 radical (unpaired) electrons. The molecule has 10 heteroatoms. The Morgan fingerprint density at radius 1 is 1.33 bits per heavy atom. The topological polar surface area (TPSA) is 107 Å². The van der Waals surface area contributed by atoms with Crippen LogP contribution in [-0.4, -0.2) is 31.6 Å². The van der Waals surface area contributed by atoms with E-state index < -0.39 is 0 Å². The lowest BCUT2D eigenvalue weighted by Crippen LogP contribution is -2.22. The fraction of sp³-hybridized carbons (Fsp3) is 0.375. The fourth-order valence-corrected chi connectivity index (χ4v) is 3.40. The minimum absolute atomic E-state index is 0.148. The second-order valence-electron chi connectivity index (χ2n) is 3.28. The van der Waals surface area contributed by atoms with Gasteiger partial charge < -0.3 is 5.73 Å². The molecule has 0 spiro atoms. The molecule has 2 rings (SSSR count). The molecule has 0 aliphatic carbocycles. The zero-order chi connectivity index (χ0) is 13.1. The van der Waals surface area contributed by atoms with Gasteiger partial charge >= 0.3 is 0 Å². The molecule has 1 amide bonds. The first-order valence-corrected chi connectivity index (χ1v) is 7.42. The number of aryl methyl sites for hydroxylation is 1. The van der Waals surface area contributed by atoms with Crippen molar-refractivity contribution in [1.29, 1.82) is 0 Å². The van der Waals surface area contributed by atoms with Crippen LogP contribution in [0.2, 0.25) is 0 Å². The molecule has 0 bridgehead atoms. The third kappa shape index (κ3) is 3.37. The number of nitrogen functional groups attached to an aromatic ring is 1. The van der Waals surface area contributed by atoms with E-state index in [1.807, 2.05) is 6.92 Å². The summed E-state index contributed by atoms with van der Waals surface area (Å²) in [6.45, 7) is 3.61. The van der Waals surface area contributed by atoms with Gasteiger partial charge in [-0.05, 0) is 13.8 Å². The maximum Gasteiger partial charge on any atom is 0.239 e. The van der Waals surface area contributed by atoms with Gasteiger partial charge in [-0.1, -0.05) is 34.4 Å². The zero-order valence-electron chi connectivity index (χ0n) is 9.58. The Labute approximate surface area is 115 Å². The van der Waals surface area contributed by atoms with Crippen LogP contribution in [0.15, 0.2) is 4.34 Å². The van der Waals surface area contributed by atoms with Crippen LogP contribution in [-0.2, 0) is 4.79 Å². The molecule has 0 saturated carbocycles. The maximum atomic E-state index is 11.9. The van der Waals surface area contributed by atoms with Crippen molar-refractivity contribution in [3.8, 4) is 0 Å². The Balaban J connectivity index is 1.92. The number of nitrogens with zero attached hydrogens (tertiary/aromatic N) is 4. The minimum atomic E-state index is -0.304. The average molecular weight is 302 g/mol. The number of carbonyl (C=O) groups excluding carboxylic acids is 1. The molecule has 0 aliphatic rings. The van der Waals surface area contributed by atoms with Crippen LogP contribution in [0.1, 0.15) is 11.9 Å². The number of rotatable bonds is 4. The molecular weight excluding hydrogens is 292 g/mol. The number of carbonyl (C=O) groups is 1. The molecule has 2 aromatic heterocycles. The smallest absolute Gasteiger partial charge is 0.239 e. The molecule has 3 N–H and O–H groups in total. The number of anilines is 2. The first kappa shape index (κ1) is 13.2. The van der Waals surface area contributed by atoms with Crippen molar-refractivity contribution in [1.82, 2.24) is 20.4 Å². The van der Waals surface area contributed by atoms with E-state index in [0.717, 1.165) is 5.01 Å². The summed E-state index contributed by atoms with van der Waals surface area (Å²) < 4.78 is 0.670. The Hall–Kier alpha value is -1.26. The van der Waals surface area contributed by atoms with E-state index in [4.69, 9.17) is 5.73 Å². The Morgan fingerprint density at radius 2 is 2.11 bits per heavy atom. The summed E-state index contributed by atoms with van der Waals surface area (Å²) in [6.07, 6.45) is 0. The van der Waals surface area contributed by atoms with Gasteiger partial charge in [-0.25, -0.2) is 0 Å². The lowest BCUT2D eigenvalue weighted by Gasteiger charge is -2.07. The summed E-state index contributed by atoms with van der Waals surface area (Å²) in [5.74, 6) is -0.148. The van der Waals surface area contributed by atoms with Gasteiger partial charge in [0.1, 0.15) is 5.01 Å². The molecule has 2 heterocycles. The van der Waals surface area contributed by atoms with E-state index in [9.17, 15) is 4.79 Å². The van der Waals surface area contributed by atoms with E-state index >= 15 is 0 Å². The van der Waals surface area contributed by atoms with Crippen LogP contribution >= 0.6 is 34.4 Å². The summed E-state index contributed by atoms with van der Waals surface area (Å²) in [4.78, 5) is 11.9. The number of amides is 1. The number of aromatic nitrogens is 4. The van der Waals surface area contributed by atoms with Crippen LogP contribution in [0.3, 0.4) is 0 Å². The maximum absolute atomic E-state index is 11.9. The molecule has 96 valence electrons. The van der Waals surface area contributed by atoms with Gasteiger partial charge in [0, 0.05) is 0 Å². The first-order valence-electron chi connectivity index (χ1n) is 4.91. The first-order chi connectivity index (χ1) is 8.54. The largest absolute Gasteiger partial charge is 0.374 e. The molecule has 1 atom stereocenters. The molecule has 18 heavy (non-hydrogen) atoms. The van der Waals surface area contributed by atoms with E-state index in [1.54, 1.807) is 6.92 Å². The van der Waals surface area contributed by atoms with Crippen molar-refractivity contribution in [2.75, 3.05) is 11.1 Å². The predicted molar refractivity (Wildman–Crippen MR) is 72.9 cm³/mol. The van der Waals surface area contributed by atoms with E-state index in [2.05, 4.69) is 25.7 Å². The van der Waals surface area contributed by atoms with Gasteiger partial charge in [-0.3, -0.25) is 10.1 Å². The van der Waals surface area contributed by atoms with Gasteiger partial charge in [-0.15, -0.1) is 20.4 Å². The summed E-state index contributed by atoms with van der Waals surface area (Å²) in [6, 6.07) is 0. The third-order valence-corrected chi connectivity index (χ3v) is 4.52. The van der Waals surface area contributed by atoms with Gasteiger partial charge in [0.05, 0.1) is 5.25 Å². The van der Waals surface area contributed by atoms with Gasteiger partial charge in [0.25, 0.3) is 0 Å². The van der Waals surface area contributed by atoms with Crippen molar-refractivity contribution in [2.24, 2.45) is 0 Å². The zero-order valence-corrected chi connectivity index (χ0v) is 12.0. The average Bonchev–Trinajstić information content (AvgIpc) is 2.88. The standard InChI is InChI=1S/C8H10N6OS3/c1-3(16-8-14-12-6(9)18-8)5(15)10-7-13-11-4(2)17-7/h3H,1-2H3,(H2,9,12)(H,10,13,15). The fourth-order valence-electron chi connectivity index (χ4n) is 1.03. The number of nitrogens with two attached hydrogens (primary N) is 1. The Morgan fingerprint density at radius 3 is 2.67 bits per heavy atom. The molecule has 0 saturated heterocycles. The monoisotopic (exact) mass is 302 g/mol. The molecule has 2 aromatic rings. The van der Waals surface area contributed by atoms with Crippen LogP contribution in [0.25, 0.3) is 0 Å². The highest BCUT2D eigenvalue weighted by Gasteiger charge is 2.18. The number of thioether (sulfide) groups is 1. The second-order valence-corrected chi connectivity index (χ2v) is 7.06. The second kappa shape index (κ2) is 5.59.